The molecular weight excluding hydrogens is 332 g/mol. The Bertz CT molecular complexity index is 666. The molecule has 3 heterocycles. The molecule has 8 heteroatoms. The van der Waals surface area contributed by atoms with Crippen LogP contribution in [0.1, 0.15) is 32.6 Å². The largest absolute Gasteiger partial charge is 0.338 e. The summed E-state index contributed by atoms with van der Waals surface area (Å²) in [5, 5.41) is 2.99. The average molecular weight is 358 g/mol. The highest BCUT2D eigenvalue weighted by Crippen LogP contribution is 2.36. The van der Waals surface area contributed by atoms with Gasteiger partial charge in [0.05, 0.1) is 6.67 Å². The summed E-state index contributed by atoms with van der Waals surface area (Å²) in [5.74, 6) is 1.33. The number of carbonyl (C=O) groups is 2. The van der Waals surface area contributed by atoms with Crippen molar-refractivity contribution in [1.82, 2.24) is 25.1 Å². The van der Waals surface area contributed by atoms with Crippen LogP contribution < -0.4 is 10.2 Å². The van der Waals surface area contributed by atoms with E-state index in [1.165, 1.54) is 4.90 Å². The number of hydrogen-bond acceptors (Lipinski definition) is 6. The van der Waals surface area contributed by atoms with Crippen LogP contribution in [0.3, 0.4) is 0 Å². The molecule has 1 saturated carbocycles. The van der Waals surface area contributed by atoms with Crippen molar-refractivity contribution in [3.05, 3.63) is 18.5 Å². The minimum absolute atomic E-state index is 0.0387. The monoisotopic (exact) mass is 358 g/mol. The van der Waals surface area contributed by atoms with Crippen molar-refractivity contribution in [1.29, 1.82) is 0 Å². The molecule has 140 valence electrons. The van der Waals surface area contributed by atoms with E-state index in [1.807, 2.05) is 0 Å². The molecule has 2 saturated heterocycles. The van der Waals surface area contributed by atoms with Crippen molar-refractivity contribution in [2.45, 2.75) is 38.1 Å². The summed E-state index contributed by atoms with van der Waals surface area (Å²) in [6.07, 6.45) is 6.99. The molecule has 0 unspecified atom stereocenters. The van der Waals surface area contributed by atoms with Crippen LogP contribution in [0, 0.1) is 5.92 Å². The van der Waals surface area contributed by atoms with Gasteiger partial charge in [-0.2, -0.15) is 0 Å². The molecule has 4 rings (SSSR count). The number of hydrogen-bond donors (Lipinski definition) is 1. The Labute approximate surface area is 153 Å². The highest BCUT2D eigenvalue weighted by molar-refractivity contribution is 6.07. The number of nitrogens with one attached hydrogen (secondary N) is 1. The summed E-state index contributed by atoms with van der Waals surface area (Å²) in [6, 6.07) is 1.57. The number of nitrogens with zero attached hydrogens (tertiary/aromatic N) is 5. The summed E-state index contributed by atoms with van der Waals surface area (Å²) < 4.78 is 0. The van der Waals surface area contributed by atoms with E-state index in [1.54, 1.807) is 18.5 Å². The van der Waals surface area contributed by atoms with Gasteiger partial charge in [-0.3, -0.25) is 9.69 Å². The third kappa shape index (κ3) is 3.13. The fourth-order valence-corrected chi connectivity index (χ4v) is 4.14. The van der Waals surface area contributed by atoms with Crippen LogP contribution in [-0.2, 0) is 4.79 Å². The van der Waals surface area contributed by atoms with E-state index >= 15 is 0 Å². The van der Waals surface area contributed by atoms with Crippen molar-refractivity contribution in [3.8, 4) is 0 Å². The van der Waals surface area contributed by atoms with Gasteiger partial charge in [0.1, 0.15) is 5.54 Å². The first kappa shape index (κ1) is 17.2. The lowest BCUT2D eigenvalue weighted by Gasteiger charge is -2.36. The first-order valence-electron chi connectivity index (χ1n) is 9.46. The molecule has 1 aromatic rings. The molecule has 1 aliphatic carbocycles. The lowest BCUT2D eigenvalue weighted by Crippen LogP contribution is -2.53. The maximum Gasteiger partial charge on any atom is 0.326 e. The standard InChI is InChI=1S/C18H26N6O2/c1-14-3-5-18(6-4-14)15(25)24(17(26)21-18)13-22-9-11-23(12-10-22)16-19-7-2-8-20-16/h2,7-8,14H,3-6,9-13H2,1H3,(H,21,26). The van der Waals surface area contributed by atoms with E-state index in [0.717, 1.165) is 57.8 Å². The maximum absolute atomic E-state index is 12.9. The second-order valence-corrected chi connectivity index (χ2v) is 7.72. The van der Waals surface area contributed by atoms with Crippen molar-refractivity contribution in [2.24, 2.45) is 5.92 Å². The SMILES string of the molecule is CC1CCC2(CC1)NC(=O)N(CN1CCN(c3ncccn3)CC1)C2=O. The topological polar surface area (TPSA) is 81.7 Å². The van der Waals surface area contributed by atoms with E-state index in [4.69, 9.17) is 0 Å². The quantitative estimate of drug-likeness (QED) is 0.814. The molecule has 1 aromatic heterocycles. The minimum atomic E-state index is -0.650. The predicted octanol–water partition coefficient (Wildman–Crippen LogP) is 1.06. The van der Waals surface area contributed by atoms with Crippen LogP contribution in [0.4, 0.5) is 10.7 Å². The molecule has 26 heavy (non-hydrogen) atoms. The molecule has 8 nitrogen and oxygen atoms in total. The Morgan fingerprint density at radius 2 is 1.77 bits per heavy atom. The second-order valence-electron chi connectivity index (χ2n) is 7.72. The van der Waals surface area contributed by atoms with Crippen molar-refractivity contribution in [2.75, 3.05) is 37.7 Å². The minimum Gasteiger partial charge on any atom is -0.338 e. The van der Waals surface area contributed by atoms with Crippen molar-refractivity contribution in [3.63, 3.8) is 0 Å². The van der Waals surface area contributed by atoms with E-state index < -0.39 is 5.54 Å². The van der Waals surface area contributed by atoms with Gasteiger partial charge in [-0.15, -0.1) is 0 Å². The molecule has 3 aliphatic rings. The number of imide groups is 1. The van der Waals surface area contributed by atoms with Gasteiger partial charge in [-0.05, 0) is 37.7 Å². The number of carbonyl (C=O) groups excluding carboxylic acids is 2. The lowest BCUT2D eigenvalue weighted by molar-refractivity contribution is -0.134. The molecule has 1 spiro atoms. The third-order valence-electron chi connectivity index (χ3n) is 5.92. The van der Waals surface area contributed by atoms with Crippen LogP contribution in [0.25, 0.3) is 0 Å². The van der Waals surface area contributed by atoms with Crippen LogP contribution in [0.5, 0.6) is 0 Å². The first-order chi connectivity index (χ1) is 12.6. The molecule has 2 aliphatic heterocycles. The smallest absolute Gasteiger partial charge is 0.326 e. The van der Waals surface area contributed by atoms with Crippen LogP contribution >= 0.6 is 0 Å². The van der Waals surface area contributed by atoms with Gasteiger partial charge in [0, 0.05) is 38.6 Å². The summed E-state index contributed by atoms with van der Waals surface area (Å²) >= 11 is 0. The van der Waals surface area contributed by atoms with Crippen LogP contribution in [0.2, 0.25) is 0 Å². The van der Waals surface area contributed by atoms with Gasteiger partial charge >= 0.3 is 6.03 Å². The van der Waals surface area contributed by atoms with Crippen molar-refractivity contribution < 1.29 is 9.59 Å². The van der Waals surface area contributed by atoms with Gasteiger partial charge in [0.2, 0.25) is 5.95 Å². The molecule has 0 aromatic carbocycles. The van der Waals surface area contributed by atoms with Crippen molar-refractivity contribution >= 4 is 17.9 Å². The number of aromatic nitrogens is 2. The zero-order valence-corrected chi connectivity index (χ0v) is 15.2. The summed E-state index contributed by atoms with van der Waals surface area (Å²) in [4.78, 5) is 39.6. The second kappa shape index (κ2) is 6.83. The zero-order valence-electron chi connectivity index (χ0n) is 15.2. The van der Waals surface area contributed by atoms with E-state index in [2.05, 4.69) is 32.0 Å². The summed E-state index contributed by atoms with van der Waals surface area (Å²) in [7, 11) is 0. The molecule has 0 bridgehead atoms. The average Bonchev–Trinajstić information content (AvgIpc) is 2.90. The Balaban J connectivity index is 1.35. The highest BCUT2D eigenvalue weighted by atomic mass is 16.2. The fraction of sp³-hybridized carbons (Fsp3) is 0.667. The number of rotatable bonds is 3. The molecule has 3 amide bonds. The summed E-state index contributed by atoms with van der Waals surface area (Å²) in [5.41, 5.74) is -0.650. The Morgan fingerprint density at radius 3 is 2.42 bits per heavy atom. The lowest BCUT2D eigenvalue weighted by atomic mass is 9.77. The Hall–Kier alpha value is -2.22. The Morgan fingerprint density at radius 1 is 1.12 bits per heavy atom. The zero-order chi connectivity index (χ0) is 18.1. The molecule has 3 fully saturated rings. The number of anilines is 1. The van der Waals surface area contributed by atoms with Gasteiger partial charge in [0.25, 0.3) is 5.91 Å². The van der Waals surface area contributed by atoms with Gasteiger partial charge in [-0.25, -0.2) is 19.7 Å². The van der Waals surface area contributed by atoms with E-state index in [-0.39, 0.29) is 11.9 Å². The third-order valence-corrected chi connectivity index (χ3v) is 5.92. The summed E-state index contributed by atoms with van der Waals surface area (Å²) in [6.45, 7) is 5.71. The Kier molecular flexibility index (Phi) is 4.52. The normalized spacial score (nSPS) is 30.1. The van der Waals surface area contributed by atoms with E-state index in [9.17, 15) is 9.59 Å². The maximum atomic E-state index is 12.9. The number of urea groups is 1. The van der Waals surface area contributed by atoms with E-state index in [0.29, 0.717) is 12.6 Å². The first-order valence-corrected chi connectivity index (χ1v) is 9.46. The van der Waals surface area contributed by atoms with Gasteiger partial charge in [-0.1, -0.05) is 6.92 Å². The highest BCUT2D eigenvalue weighted by Gasteiger charge is 2.52. The number of amides is 3. The molecule has 0 atom stereocenters. The number of piperazine rings is 1. The molecular formula is C18H26N6O2. The van der Waals surface area contributed by atoms with Gasteiger partial charge in [0.15, 0.2) is 0 Å². The fourth-order valence-electron chi connectivity index (χ4n) is 4.14. The molecule has 0 radical (unpaired) electrons. The molecule has 1 N–H and O–H groups in total. The van der Waals surface area contributed by atoms with Crippen LogP contribution in [-0.4, -0.2) is 70.1 Å². The van der Waals surface area contributed by atoms with Gasteiger partial charge < -0.3 is 10.2 Å². The van der Waals surface area contributed by atoms with Crippen LogP contribution in [0.15, 0.2) is 18.5 Å². The predicted molar refractivity (Wildman–Crippen MR) is 96.4 cm³/mol.